The molecule has 1 N–H and O–H groups in total. The Bertz CT molecular complexity index is 1510. The van der Waals surface area contributed by atoms with Crippen LogP contribution in [0.5, 0.6) is 11.5 Å². The van der Waals surface area contributed by atoms with Gasteiger partial charge in [0.2, 0.25) is 11.7 Å². The third-order valence-corrected chi connectivity index (χ3v) is 6.59. The molecule has 39 heavy (non-hydrogen) atoms. The highest BCUT2D eigenvalue weighted by Crippen LogP contribution is 2.40. The second-order valence-electron chi connectivity index (χ2n) is 7.90. The Morgan fingerprint density at radius 3 is 2.44 bits per heavy atom. The summed E-state index contributed by atoms with van der Waals surface area (Å²) in [4.78, 5) is 48.9. The van der Waals surface area contributed by atoms with E-state index in [-0.39, 0.29) is 16.2 Å². The highest BCUT2D eigenvalue weighted by atomic mass is 79.9. The van der Waals surface area contributed by atoms with E-state index < -0.39 is 51.7 Å². The number of para-hydroxylation sites is 1. The normalized spacial score (nSPS) is 14.6. The highest BCUT2D eigenvalue weighted by Gasteiger charge is 2.37. The van der Waals surface area contributed by atoms with Crippen LogP contribution in [0.15, 0.2) is 76.1 Å². The Morgan fingerprint density at radius 1 is 1.08 bits per heavy atom. The Labute approximate surface area is 230 Å². The van der Waals surface area contributed by atoms with E-state index in [1.807, 2.05) is 0 Å². The smallest absolute Gasteiger partial charge is 0.416 e. The van der Waals surface area contributed by atoms with E-state index in [0.717, 1.165) is 11.0 Å². The maximum absolute atomic E-state index is 13.0. The van der Waals surface area contributed by atoms with Gasteiger partial charge in [-0.15, -0.1) is 0 Å². The SMILES string of the molecule is O=C(CN1C(=O)S/C(=C\c2cc(Br)ccc2Oc2ccc(C(F)(F)F)cc2[N+](=O)[O-])C1=O)Nc1ccccc1. The molecule has 1 fully saturated rings. The van der Waals surface area contributed by atoms with Gasteiger partial charge in [-0.3, -0.25) is 29.4 Å². The number of halogens is 4. The molecule has 0 aliphatic carbocycles. The average molecular weight is 622 g/mol. The van der Waals surface area contributed by atoms with Gasteiger partial charge >= 0.3 is 11.9 Å². The standard InChI is InChI=1S/C25H15BrF3N3O6S/c26-16-7-9-19(38-20-8-6-15(25(27,28)29)12-18(20)32(36)37)14(10-16)11-21-23(34)31(24(35)39-21)13-22(33)30-17-4-2-1-3-5-17/h1-12H,13H2,(H,30,33)/b21-11-. The van der Waals surface area contributed by atoms with E-state index >= 15 is 0 Å². The number of alkyl halides is 3. The molecule has 0 bridgehead atoms. The van der Waals surface area contributed by atoms with Gasteiger partial charge in [0, 0.05) is 21.8 Å². The number of nitrogens with zero attached hydrogens (tertiary/aromatic N) is 2. The van der Waals surface area contributed by atoms with Crippen LogP contribution in [0.4, 0.5) is 29.3 Å². The molecule has 0 aromatic heterocycles. The molecular weight excluding hydrogens is 607 g/mol. The maximum atomic E-state index is 13.0. The zero-order chi connectivity index (χ0) is 28.3. The van der Waals surface area contributed by atoms with Gasteiger partial charge in [0.05, 0.1) is 15.4 Å². The van der Waals surface area contributed by atoms with Crippen LogP contribution in [-0.2, 0) is 15.8 Å². The molecular formula is C25H15BrF3N3O6S. The van der Waals surface area contributed by atoms with Crippen LogP contribution in [0, 0.1) is 10.1 Å². The number of rotatable bonds is 7. The number of ether oxygens (including phenoxy) is 1. The zero-order valence-corrected chi connectivity index (χ0v) is 21.8. The summed E-state index contributed by atoms with van der Waals surface area (Å²) in [6.07, 6.45) is -3.51. The number of hydrogen-bond acceptors (Lipinski definition) is 7. The average Bonchev–Trinajstić information content (AvgIpc) is 3.12. The lowest BCUT2D eigenvalue weighted by Crippen LogP contribution is -2.36. The van der Waals surface area contributed by atoms with Crippen LogP contribution >= 0.6 is 27.7 Å². The molecule has 0 radical (unpaired) electrons. The van der Waals surface area contributed by atoms with E-state index in [4.69, 9.17) is 4.74 Å². The first-order valence-electron chi connectivity index (χ1n) is 10.9. The molecule has 14 heteroatoms. The Balaban J connectivity index is 1.59. The largest absolute Gasteiger partial charge is 0.449 e. The summed E-state index contributed by atoms with van der Waals surface area (Å²) < 4.78 is 45.3. The van der Waals surface area contributed by atoms with Crippen molar-refractivity contribution in [2.45, 2.75) is 6.18 Å². The lowest BCUT2D eigenvalue weighted by Gasteiger charge is -2.13. The van der Waals surface area contributed by atoms with Crippen molar-refractivity contribution in [1.82, 2.24) is 4.90 Å². The first kappa shape index (κ1) is 27.9. The summed E-state index contributed by atoms with van der Waals surface area (Å²) in [5.41, 5.74) is -1.46. The summed E-state index contributed by atoms with van der Waals surface area (Å²) >= 11 is 3.84. The summed E-state index contributed by atoms with van der Waals surface area (Å²) in [6.45, 7) is -0.531. The van der Waals surface area contributed by atoms with Gasteiger partial charge in [0.1, 0.15) is 12.3 Å². The predicted molar refractivity (Wildman–Crippen MR) is 140 cm³/mol. The third-order valence-electron chi connectivity index (χ3n) is 5.19. The van der Waals surface area contributed by atoms with Crippen LogP contribution in [-0.4, -0.2) is 33.4 Å². The molecule has 200 valence electrons. The molecule has 0 saturated carbocycles. The minimum Gasteiger partial charge on any atom is -0.449 e. The molecule has 3 aromatic rings. The van der Waals surface area contributed by atoms with Crippen molar-refractivity contribution in [2.75, 3.05) is 11.9 Å². The highest BCUT2D eigenvalue weighted by molar-refractivity contribution is 9.10. The molecule has 3 aromatic carbocycles. The molecule has 0 unspecified atom stereocenters. The number of carbonyl (C=O) groups is 3. The lowest BCUT2D eigenvalue weighted by molar-refractivity contribution is -0.385. The van der Waals surface area contributed by atoms with Gasteiger partial charge in [-0.25, -0.2) is 0 Å². The van der Waals surface area contributed by atoms with Gasteiger partial charge in [-0.2, -0.15) is 13.2 Å². The van der Waals surface area contributed by atoms with E-state index in [1.54, 1.807) is 30.3 Å². The van der Waals surface area contributed by atoms with Crippen molar-refractivity contribution in [3.05, 3.63) is 97.3 Å². The summed E-state index contributed by atoms with van der Waals surface area (Å²) in [7, 11) is 0. The molecule has 1 aliphatic rings. The molecule has 4 rings (SSSR count). The van der Waals surface area contributed by atoms with E-state index in [1.165, 1.54) is 24.3 Å². The quantitative estimate of drug-likeness (QED) is 0.174. The van der Waals surface area contributed by atoms with Gasteiger partial charge < -0.3 is 10.1 Å². The number of hydrogen-bond donors (Lipinski definition) is 1. The number of benzene rings is 3. The summed E-state index contributed by atoms with van der Waals surface area (Å²) in [5, 5.41) is 13.3. The van der Waals surface area contributed by atoms with Crippen molar-refractivity contribution >= 4 is 62.2 Å². The molecule has 9 nitrogen and oxygen atoms in total. The molecule has 3 amide bonds. The van der Waals surface area contributed by atoms with Crippen molar-refractivity contribution in [3.63, 3.8) is 0 Å². The number of thioether (sulfide) groups is 1. The molecule has 0 spiro atoms. The number of nitro groups is 1. The fourth-order valence-corrected chi connectivity index (χ4v) is 4.62. The Kier molecular flexibility index (Phi) is 8.06. The van der Waals surface area contributed by atoms with Crippen molar-refractivity contribution in [1.29, 1.82) is 0 Å². The second kappa shape index (κ2) is 11.3. The first-order chi connectivity index (χ1) is 18.4. The number of carbonyl (C=O) groups excluding carboxylic acids is 3. The fraction of sp³-hybridized carbons (Fsp3) is 0.0800. The van der Waals surface area contributed by atoms with Crippen LogP contribution < -0.4 is 10.1 Å². The van der Waals surface area contributed by atoms with Gasteiger partial charge in [0.15, 0.2) is 0 Å². The molecule has 1 heterocycles. The van der Waals surface area contributed by atoms with Crippen LogP contribution in [0.2, 0.25) is 0 Å². The molecule has 0 atom stereocenters. The number of nitrogens with one attached hydrogen (secondary N) is 1. The van der Waals surface area contributed by atoms with Crippen LogP contribution in [0.3, 0.4) is 0 Å². The monoisotopic (exact) mass is 621 g/mol. The number of amides is 3. The van der Waals surface area contributed by atoms with Crippen molar-refractivity contribution < 1.29 is 37.2 Å². The summed E-state index contributed by atoms with van der Waals surface area (Å²) in [5.74, 6) is -1.84. The van der Waals surface area contributed by atoms with Gasteiger partial charge in [-0.1, -0.05) is 34.1 Å². The van der Waals surface area contributed by atoms with Crippen LogP contribution in [0.25, 0.3) is 6.08 Å². The fourth-order valence-electron chi connectivity index (χ4n) is 3.41. The molecule has 1 saturated heterocycles. The van der Waals surface area contributed by atoms with E-state index in [9.17, 15) is 37.7 Å². The predicted octanol–water partition coefficient (Wildman–Crippen LogP) is 6.84. The van der Waals surface area contributed by atoms with E-state index in [0.29, 0.717) is 34.1 Å². The number of nitro benzene ring substituents is 1. The van der Waals surface area contributed by atoms with Gasteiger partial charge in [-0.05, 0) is 60.3 Å². The minimum atomic E-state index is -4.80. The van der Waals surface area contributed by atoms with Crippen molar-refractivity contribution in [3.8, 4) is 11.5 Å². The van der Waals surface area contributed by atoms with Crippen molar-refractivity contribution in [2.24, 2.45) is 0 Å². The Hall–Kier alpha value is -4.17. The topological polar surface area (TPSA) is 119 Å². The number of imide groups is 1. The summed E-state index contributed by atoms with van der Waals surface area (Å²) in [6, 6.07) is 14.7. The maximum Gasteiger partial charge on any atom is 0.416 e. The lowest BCUT2D eigenvalue weighted by atomic mass is 10.1. The third kappa shape index (κ3) is 6.64. The zero-order valence-electron chi connectivity index (χ0n) is 19.4. The van der Waals surface area contributed by atoms with E-state index in [2.05, 4.69) is 21.2 Å². The van der Waals surface area contributed by atoms with Gasteiger partial charge in [0.25, 0.3) is 11.1 Å². The minimum absolute atomic E-state index is 0.0327. The second-order valence-corrected chi connectivity index (χ2v) is 9.81. The Morgan fingerprint density at radius 2 is 1.77 bits per heavy atom. The first-order valence-corrected chi connectivity index (χ1v) is 12.5. The number of anilines is 1. The molecule has 1 aliphatic heterocycles. The van der Waals surface area contributed by atoms with Crippen LogP contribution in [0.1, 0.15) is 11.1 Å².